The molecule has 1 aliphatic heterocycles. The van der Waals surface area contributed by atoms with Crippen LogP contribution in [-0.4, -0.2) is 21.8 Å². The van der Waals surface area contributed by atoms with E-state index in [1.54, 1.807) is 0 Å². The third-order valence-corrected chi connectivity index (χ3v) is 4.82. The van der Waals surface area contributed by atoms with Crippen molar-refractivity contribution in [3.63, 3.8) is 0 Å². The summed E-state index contributed by atoms with van der Waals surface area (Å²) in [5.74, 6) is 1.65. The lowest BCUT2D eigenvalue weighted by Crippen LogP contribution is -2.35. The van der Waals surface area contributed by atoms with Gasteiger partial charge in [-0.25, -0.2) is 0 Å². The molecule has 1 saturated heterocycles. The largest absolute Gasteiger partial charge is 0.310 e. The quantitative estimate of drug-likeness (QED) is 0.904. The molecular weight excluding hydrogens is 244 g/mol. The molecule has 96 valence electrons. The predicted octanol–water partition coefficient (Wildman–Crippen LogP) is 1.87. The molecule has 0 amide bonds. The highest BCUT2D eigenvalue weighted by Gasteiger charge is 2.17. The number of benzene rings is 1. The van der Waals surface area contributed by atoms with E-state index in [0.29, 0.717) is 11.6 Å². The molecule has 4 heteroatoms. The third kappa shape index (κ3) is 3.41. The van der Waals surface area contributed by atoms with Gasteiger partial charge in [-0.2, -0.15) is 5.26 Å². The van der Waals surface area contributed by atoms with Crippen LogP contribution in [0, 0.1) is 18.3 Å². The van der Waals surface area contributed by atoms with Crippen molar-refractivity contribution in [3.8, 4) is 6.07 Å². The van der Waals surface area contributed by atoms with Crippen LogP contribution in [-0.2, 0) is 17.3 Å². The van der Waals surface area contributed by atoms with Gasteiger partial charge in [0.05, 0.1) is 11.6 Å². The second kappa shape index (κ2) is 6.12. The van der Waals surface area contributed by atoms with Gasteiger partial charge in [-0.1, -0.05) is 6.07 Å². The third-order valence-electron chi connectivity index (χ3n) is 3.44. The van der Waals surface area contributed by atoms with Crippen LogP contribution in [0.4, 0.5) is 0 Å². The molecule has 1 fully saturated rings. The van der Waals surface area contributed by atoms with Crippen LogP contribution in [0.2, 0.25) is 0 Å². The van der Waals surface area contributed by atoms with Crippen LogP contribution in [0.1, 0.15) is 29.5 Å². The standard InChI is InChI=1S/C14H18N2OS/c1-11-8-12(9-15)2-3-13(11)10-16-14-4-6-18(17)7-5-14/h2-3,8,14,16H,4-7,10H2,1H3. The lowest BCUT2D eigenvalue weighted by molar-refractivity contribution is 0.474. The summed E-state index contributed by atoms with van der Waals surface area (Å²) in [6.07, 6.45) is 2.00. The van der Waals surface area contributed by atoms with E-state index in [2.05, 4.69) is 11.4 Å². The molecule has 0 saturated carbocycles. The fourth-order valence-electron chi connectivity index (χ4n) is 2.22. The number of nitriles is 1. The lowest BCUT2D eigenvalue weighted by atomic mass is 10.0. The molecule has 0 spiro atoms. The Bertz CT molecular complexity index is 483. The first-order valence-corrected chi connectivity index (χ1v) is 7.76. The summed E-state index contributed by atoms with van der Waals surface area (Å²) in [6.45, 7) is 2.86. The molecule has 2 rings (SSSR count). The van der Waals surface area contributed by atoms with Crippen molar-refractivity contribution in [3.05, 3.63) is 34.9 Å². The van der Waals surface area contributed by atoms with E-state index in [-0.39, 0.29) is 0 Å². The van der Waals surface area contributed by atoms with Crippen LogP contribution >= 0.6 is 0 Å². The molecule has 0 atom stereocenters. The van der Waals surface area contributed by atoms with Gasteiger partial charge in [0.15, 0.2) is 0 Å². The average molecular weight is 262 g/mol. The molecule has 1 aromatic rings. The summed E-state index contributed by atoms with van der Waals surface area (Å²) in [5, 5.41) is 12.3. The molecule has 3 nitrogen and oxygen atoms in total. The molecule has 0 aliphatic carbocycles. The highest BCUT2D eigenvalue weighted by molar-refractivity contribution is 7.85. The normalized spacial score (nSPS) is 23.6. The van der Waals surface area contributed by atoms with Gasteiger partial charge in [0.2, 0.25) is 0 Å². The van der Waals surface area contributed by atoms with Gasteiger partial charge >= 0.3 is 0 Å². The molecule has 0 radical (unpaired) electrons. The van der Waals surface area contributed by atoms with Crippen molar-refractivity contribution < 1.29 is 4.21 Å². The maximum atomic E-state index is 11.3. The Morgan fingerprint density at radius 2 is 2.17 bits per heavy atom. The molecule has 1 aromatic carbocycles. The first-order valence-electron chi connectivity index (χ1n) is 6.27. The lowest BCUT2D eigenvalue weighted by Gasteiger charge is -2.23. The molecule has 1 aliphatic rings. The highest BCUT2D eigenvalue weighted by Crippen LogP contribution is 2.13. The maximum Gasteiger partial charge on any atom is 0.0991 e. The Morgan fingerprint density at radius 1 is 1.44 bits per heavy atom. The molecule has 0 unspecified atom stereocenters. The van der Waals surface area contributed by atoms with E-state index < -0.39 is 10.8 Å². The smallest absolute Gasteiger partial charge is 0.0991 e. The van der Waals surface area contributed by atoms with E-state index in [1.807, 2.05) is 25.1 Å². The number of nitrogens with zero attached hydrogens (tertiary/aromatic N) is 1. The van der Waals surface area contributed by atoms with Gasteiger partial charge in [0.1, 0.15) is 0 Å². The minimum absolute atomic E-state index is 0.484. The number of aryl methyl sites for hydroxylation is 1. The van der Waals surface area contributed by atoms with Crippen LogP contribution in [0.5, 0.6) is 0 Å². The molecule has 18 heavy (non-hydrogen) atoms. The average Bonchev–Trinajstić information content (AvgIpc) is 2.39. The summed E-state index contributed by atoms with van der Waals surface area (Å²) in [5.41, 5.74) is 3.10. The minimum Gasteiger partial charge on any atom is -0.310 e. The molecular formula is C14H18N2OS. The second-order valence-electron chi connectivity index (χ2n) is 4.76. The van der Waals surface area contributed by atoms with Gasteiger partial charge in [-0.3, -0.25) is 4.21 Å². The Kier molecular flexibility index (Phi) is 4.51. The summed E-state index contributed by atoms with van der Waals surface area (Å²) < 4.78 is 11.3. The predicted molar refractivity (Wildman–Crippen MR) is 73.6 cm³/mol. The Balaban J connectivity index is 1.90. The highest BCUT2D eigenvalue weighted by atomic mass is 32.2. The van der Waals surface area contributed by atoms with Gasteiger partial charge in [0, 0.05) is 34.9 Å². The van der Waals surface area contributed by atoms with Crippen molar-refractivity contribution in [2.45, 2.75) is 32.4 Å². The number of rotatable bonds is 3. The summed E-state index contributed by atoms with van der Waals surface area (Å²) in [7, 11) is -0.594. The summed E-state index contributed by atoms with van der Waals surface area (Å²) >= 11 is 0. The van der Waals surface area contributed by atoms with Crippen LogP contribution in [0.15, 0.2) is 18.2 Å². The van der Waals surface area contributed by atoms with Gasteiger partial charge in [-0.15, -0.1) is 0 Å². The first-order chi connectivity index (χ1) is 8.69. The van der Waals surface area contributed by atoms with Crippen molar-refractivity contribution in [2.24, 2.45) is 0 Å². The fourth-order valence-corrected chi connectivity index (χ4v) is 3.51. The fraction of sp³-hybridized carbons (Fsp3) is 0.500. The monoisotopic (exact) mass is 262 g/mol. The Morgan fingerprint density at radius 3 is 2.78 bits per heavy atom. The van der Waals surface area contributed by atoms with Crippen LogP contribution < -0.4 is 5.32 Å². The second-order valence-corrected chi connectivity index (χ2v) is 6.45. The van der Waals surface area contributed by atoms with Crippen molar-refractivity contribution in [1.29, 1.82) is 5.26 Å². The van der Waals surface area contributed by atoms with E-state index in [0.717, 1.165) is 36.5 Å². The van der Waals surface area contributed by atoms with Crippen molar-refractivity contribution in [2.75, 3.05) is 11.5 Å². The molecule has 1 heterocycles. The molecule has 0 bridgehead atoms. The van der Waals surface area contributed by atoms with Crippen LogP contribution in [0.3, 0.4) is 0 Å². The van der Waals surface area contributed by atoms with Crippen LogP contribution in [0.25, 0.3) is 0 Å². The zero-order chi connectivity index (χ0) is 13.0. The Labute approximate surface area is 111 Å². The number of hydrogen-bond acceptors (Lipinski definition) is 3. The van der Waals surface area contributed by atoms with Crippen molar-refractivity contribution in [1.82, 2.24) is 5.32 Å². The zero-order valence-electron chi connectivity index (χ0n) is 10.6. The summed E-state index contributed by atoms with van der Waals surface area (Å²) in [4.78, 5) is 0. The van der Waals surface area contributed by atoms with Gasteiger partial charge in [-0.05, 0) is 43.0 Å². The molecule has 0 aromatic heterocycles. The topological polar surface area (TPSA) is 52.9 Å². The minimum atomic E-state index is -0.594. The van der Waals surface area contributed by atoms with Gasteiger partial charge < -0.3 is 5.32 Å². The van der Waals surface area contributed by atoms with Crippen molar-refractivity contribution >= 4 is 10.8 Å². The first kappa shape index (κ1) is 13.3. The van der Waals surface area contributed by atoms with E-state index in [9.17, 15) is 4.21 Å². The van der Waals surface area contributed by atoms with E-state index >= 15 is 0 Å². The number of hydrogen-bond donors (Lipinski definition) is 1. The number of nitrogens with one attached hydrogen (secondary N) is 1. The SMILES string of the molecule is Cc1cc(C#N)ccc1CNC1CCS(=O)CC1. The van der Waals surface area contributed by atoms with Gasteiger partial charge in [0.25, 0.3) is 0 Å². The summed E-state index contributed by atoms with van der Waals surface area (Å²) in [6, 6.07) is 8.44. The van der Waals surface area contributed by atoms with E-state index in [4.69, 9.17) is 5.26 Å². The van der Waals surface area contributed by atoms with E-state index in [1.165, 1.54) is 5.56 Å². The maximum absolute atomic E-state index is 11.3. The molecule has 1 N–H and O–H groups in total. The Hall–Kier alpha value is -1.18. The zero-order valence-corrected chi connectivity index (χ0v) is 11.4.